The van der Waals surface area contributed by atoms with Crippen molar-refractivity contribution in [2.45, 2.75) is 10.5 Å². The van der Waals surface area contributed by atoms with Gasteiger partial charge in [-0.05, 0) is 17.5 Å². The molecule has 0 aromatic heterocycles. The summed E-state index contributed by atoms with van der Waals surface area (Å²) in [6.45, 7) is 1.12. The second-order valence-corrected chi connectivity index (χ2v) is 4.01. The maximum atomic E-state index is 3.42. The first kappa shape index (κ1) is 7.55. The average Bonchev–Trinajstić information content (AvgIpc) is 2.06. The van der Waals surface area contributed by atoms with E-state index in [9.17, 15) is 0 Å². The van der Waals surface area contributed by atoms with E-state index in [1.165, 1.54) is 17.5 Å². The fraction of sp³-hybridized carbons (Fsp3) is 0.333. The van der Waals surface area contributed by atoms with Crippen molar-refractivity contribution >= 4 is 22.6 Å². The maximum absolute atomic E-state index is 3.42. The van der Waals surface area contributed by atoms with E-state index >= 15 is 0 Å². The molecule has 0 spiro atoms. The third kappa shape index (κ3) is 1.42. The zero-order valence-corrected chi connectivity index (χ0v) is 8.34. The molecule has 0 radical (unpaired) electrons. The normalized spacial score (nSPS) is 22.8. The molecule has 11 heavy (non-hydrogen) atoms. The number of rotatable bonds is 0. The zero-order valence-electron chi connectivity index (χ0n) is 6.18. The van der Waals surface area contributed by atoms with Gasteiger partial charge in [0.2, 0.25) is 0 Å². The molecule has 0 saturated carbocycles. The van der Waals surface area contributed by atoms with Gasteiger partial charge in [0.1, 0.15) is 0 Å². The zero-order chi connectivity index (χ0) is 7.68. The Morgan fingerprint density at radius 1 is 1.36 bits per heavy atom. The second kappa shape index (κ2) is 3.11. The predicted octanol–water partition coefficient (Wildman–Crippen LogP) is 2.27. The van der Waals surface area contributed by atoms with Gasteiger partial charge in [0.05, 0.1) is 4.05 Å². The highest BCUT2D eigenvalue weighted by molar-refractivity contribution is 14.1. The van der Waals surface area contributed by atoms with Gasteiger partial charge >= 0.3 is 0 Å². The Morgan fingerprint density at radius 2 is 2.18 bits per heavy atom. The van der Waals surface area contributed by atoms with Gasteiger partial charge in [0.25, 0.3) is 0 Å². The Balaban J connectivity index is 2.44. The molecule has 1 aliphatic rings. The van der Waals surface area contributed by atoms with Crippen molar-refractivity contribution in [3.63, 3.8) is 0 Å². The van der Waals surface area contributed by atoms with Crippen molar-refractivity contribution in [3.8, 4) is 0 Å². The first-order chi connectivity index (χ1) is 5.38. The summed E-state index contributed by atoms with van der Waals surface area (Å²) in [7, 11) is 0. The molecule has 0 aliphatic carbocycles. The molecule has 2 heteroatoms. The van der Waals surface area contributed by atoms with Crippen LogP contribution < -0.4 is 5.32 Å². The lowest BCUT2D eigenvalue weighted by molar-refractivity contribution is 0.648. The predicted molar refractivity (Wildman–Crippen MR) is 54.9 cm³/mol. The van der Waals surface area contributed by atoms with Crippen molar-refractivity contribution in [1.82, 2.24) is 5.32 Å². The van der Waals surface area contributed by atoms with Crippen molar-refractivity contribution in [1.29, 1.82) is 0 Å². The average molecular weight is 259 g/mol. The molecule has 1 aliphatic heterocycles. The van der Waals surface area contributed by atoms with Crippen LogP contribution in [-0.4, -0.2) is 6.54 Å². The molecule has 1 nitrogen and oxygen atoms in total. The summed E-state index contributed by atoms with van der Waals surface area (Å²) in [5, 5.41) is 3.42. The molecule has 1 unspecified atom stereocenters. The largest absolute Gasteiger partial charge is 0.301 e. The lowest BCUT2D eigenvalue weighted by Gasteiger charge is -2.21. The SMILES string of the molecule is IC1NCCc2ccccc21. The number of alkyl halides is 1. The van der Waals surface area contributed by atoms with Gasteiger partial charge in [-0.25, -0.2) is 0 Å². The van der Waals surface area contributed by atoms with Gasteiger partial charge in [0.15, 0.2) is 0 Å². The van der Waals surface area contributed by atoms with Crippen LogP contribution in [0.4, 0.5) is 0 Å². The molecule has 0 amide bonds. The summed E-state index contributed by atoms with van der Waals surface area (Å²) in [6, 6.07) is 8.66. The highest BCUT2D eigenvalue weighted by Gasteiger charge is 2.14. The third-order valence-corrected chi connectivity index (χ3v) is 3.16. The standard InChI is InChI=1S/C9H10IN/c10-9-8-4-2-1-3-7(8)5-6-11-9/h1-4,9,11H,5-6H2. The maximum Gasteiger partial charge on any atom is 0.0852 e. The smallest absolute Gasteiger partial charge is 0.0852 e. The number of hydrogen-bond donors (Lipinski definition) is 1. The van der Waals surface area contributed by atoms with Crippen LogP contribution in [0.5, 0.6) is 0 Å². The molecule has 1 atom stereocenters. The summed E-state index contributed by atoms with van der Waals surface area (Å²) in [5.74, 6) is 0. The number of halogens is 1. The topological polar surface area (TPSA) is 12.0 Å². The summed E-state index contributed by atoms with van der Waals surface area (Å²) >= 11 is 2.44. The number of hydrogen-bond acceptors (Lipinski definition) is 1. The first-order valence-electron chi connectivity index (χ1n) is 3.83. The molecule has 58 valence electrons. The fourth-order valence-electron chi connectivity index (χ4n) is 1.45. The molecule has 0 saturated heterocycles. The Labute approximate surface area is 80.3 Å². The van der Waals surface area contributed by atoms with Crippen LogP contribution in [0.2, 0.25) is 0 Å². The fourth-order valence-corrected chi connectivity index (χ4v) is 2.37. The van der Waals surface area contributed by atoms with Crippen molar-refractivity contribution in [3.05, 3.63) is 35.4 Å². The van der Waals surface area contributed by atoms with E-state index in [2.05, 4.69) is 52.2 Å². The van der Waals surface area contributed by atoms with Gasteiger partial charge in [-0.1, -0.05) is 46.9 Å². The molecule has 0 fully saturated rings. The number of nitrogens with one attached hydrogen (secondary N) is 1. The Bertz CT molecular complexity index is 259. The lowest BCUT2D eigenvalue weighted by atomic mass is 10.0. The van der Waals surface area contributed by atoms with Gasteiger partial charge in [-0.15, -0.1) is 0 Å². The molecule has 1 N–H and O–H groups in total. The Hall–Kier alpha value is -0.0900. The highest BCUT2D eigenvalue weighted by Crippen LogP contribution is 2.26. The van der Waals surface area contributed by atoms with Crippen LogP contribution in [0.1, 0.15) is 15.2 Å². The summed E-state index contributed by atoms with van der Waals surface area (Å²) in [6.07, 6.45) is 1.18. The van der Waals surface area contributed by atoms with E-state index < -0.39 is 0 Å². The van der Waals surface area contributed by atoms with Gasteiger partial charge in [0, 0.05) is 6.54 Å². The number of benzene rings is 1. The van der Waals surface area contributed by atoms with Crippen molar-refractivity contribution in [2.24, 2.45) is 0 Å². The molecule has 1 aromatic carbocycles. The minimum atomic E-state index is 0.512. The lowest BCUT2D eigenvalue weighted by Crippen LogP contribution is -2.25. The van der Waals surface area contributed by atoms with Crippen LogP contribution in [0.15, 0.2) is 24.3 Å². The van der Waals surface area contributed by atoms with E-state index in [1.807, 2.05) is 0 Å². The van der Waals surface area contributed by atoms with E-state index in [0.29, 0.717) is 4.05 Å². The van der Waals surface area contributed by atoms with E-state index in [1.54, 1.807) is 0 Å². The molecule has 1 heterocycles. The quantitative estimate of drug-likeness (QED) is 0.428. The molecule has 2 rings (SSSR count). The third-order valence-electron chi connectivity index (χ3n) is 2.05. The minimum Gasteiger partial charge on any atom is -0.301 e. The van der Waals surface area contributed by atoms with E-state index in [-0.39, 0.29) is 0 Å². The van der Waals surface area contributed by atoms with E-state index in [4.69, 9.17) is 0 Å². The van der Waals surface area contributed by atoms with Crippen LogP contribution >= 0.6 is 22.6 Å². The van der Waals surface area contributed by atoms with Crippen LogP contribution in [-0.2, 0) is 6.42 Å². The van der Waals surface area contributed by atoms with Crippen molar-refractivity contribution in [2.75, 3.05) is 6.54 Å². The molecule has 1 aromatic rings. The number of fused-ring (bicyclic) bond motifs is 1. The second-order valence-electron chi connectivity index (χ2n) is 2.77. The summed E-state index contributed by atoms with van der Waals surface area (Å²) in [5.41, 5.74) is 2.96. The van der Waals surface area contributed by atoms with E-state index in [0.717, 1.165) is 6.54 Å². The first-order valence-corrected chi connectivity index (χ1v) is 5.08. The monoisotopic (exact) mass is 259 g/mol. The van der Waals surface area contributed by atoms with Crippen LogP contribution in [0.25, 0.3) is 0 Å². The van der Waals surface area contributed by atoms with Gasteiger partial charge in [-0.2, -0.15) is 0 Å². The molecular weight excluding hydrogens is 249 g/mol. The summed E-state index contributed by atoms with van der Waals surface area (Å²) in [4.78, 5) is 0. The van der Waals surface area contributed by atoms with Crippen molar-refractivity contribution < 1.29 is 0 Å². The van der Waals surface area contributed by atoms with Crippen LogP contribution in [0, 0.1) is 0 Å². The molecule has 0 bridgehead atoms. The Morgan fingerprint density at radius 3 is 3.00 bits per heavy atom. The molecular formula is C9H10IN. The van der Waals surface area contributed by atoms with Gasteiger partial charge in [-0.3, -0.25) is 0 Å². The Kier molecular flexibility index (Phi) is 2.13. The summed E-state index contributed by atoms with van der Waals surface area (Å²) < 4.78 is 0.512. The highest BCUT2D eigenvalue weighted by atomic mass is 127. The van der Waals surface area contributed by atoms with Gasteiger partial charge < -0.3 is 5.32 Å². The minimum absolute atomic E-state index is 0.512. The van der Waals surface area contributed by atoms with Crippen LogP contribution in [0.3, 0.4) is 0 Å².